The van der Waals surface area contributed by atoms with Gasteiger partial charge in [0.05, 0.1) is 14.2 Å². The minimum atomic E-state index is 0.740. The van der Waals surface area contributed by atoms with Crippen molar-refractivity contribution in [3.63, 3.8) is 0 Å². The Morgan fingerprint density at radius 2 is 1.81 bits per heavy atom. The molecule has 0 aliphatic rings. The van der Waals surface area contributed by atoms with Gasteiger partial charge in [-0.05, 0) is 28.1 Å². The van der Waals surface area contributed by atoms with Crippen molar-refractivity contribution in [1.29, 1.82) is 0 Å². The lowest BCUT2D eigenvalue weighted by Crippen LogP contribution is -1.91. The normalized spacial score (nSPS) is 10.2. The van der Waals surface area contributed by atoms with E-state index in [1.54, 1.807) is 31.8 Å². The Kier molecular flexibility index (Phi) is 3.46. The Bertz CT molecular complexity index is 460. The van der Waals surface area contributed by atoms with Gasteiger partial charge in [0.2, 0.25) is 0 Å². The number of nitrogens with zero attached hydrogens (tertiary/aromatic N) is 1. The second kappa shape index (κ2) is 4.84. The molecule has 5 heteroatoms. The van der Waals surface area contributed by atoms with Crippen molar-refractivity contribution in [2.45, 2.75) is 0 Å². The molecule has 1 heterocycles. The summed E-state index contributed by atoms with van der Waals surface area (Å²) in [4.78, 5) is 4.26. The highest BCUT2D eigenvalue weighted by atomic mass is 79.9. The van der Waals surface area contributed by atoms with Crippen molar-refractivity contribution in [3.05, 3.63) is 28.2 Å². The Morgan fingerprint density at radius 1 is 1.19 bits per heavy atom. The molecule has 0 aliphatic heterocycles. The standard InChI is InChI=1S/C11H10BrNO2S/c1-14-8-5-7(11-13-3-4-16-11)6-9(15-2)10(8)12/h3-6H,1-2H3. The van der Waals surface area contributed by atoms with Crippen molar-refractivity contribution < 1.29 is 9.47 Å². The first-order valence-corrected chi connectivity index (χ1v) is 6.25. The van der Waals surface area contributed by atoms with Crippen LogP contribution in [0.25, 0.3) is 10.6 Å². The predicted octanol–water partition coefficient (Wildman–Crippen LogP) is 3.59. The van der Waals surface area contributed by atoms with Crippen LogP contribution in [-0.4, -0.2) is 19.2 Å². The number of hydrogen-bond acceptors (Lipinski definition) is 4. The van der Waals surface area contributed by atoms with Gasteiger partial charge in [-0.3, -0.25) is 0 Å². The Morgan fingerprint density at radius 3 is 2.25 bits per heavy atom. The van der Waals surface area contributed by atoms with E-state index in [0.29, 0.717) is 0 Å². The van der Waals surface area contributed by atoms with E-state index in [1.165, 1.54) is 0 Å². The van der Waals surface area contributed by atoms with E-state index < -0.39 is 0 Å². The molecule has 0 saturated heterocycles. The molecule has 2 aromatic rings. The first kappa shape index (κ1) is 11.4. The topological polar surface area (TPSA) is 31.4 Å². The number of methoxy groups -OCH3 is 2. The lowest BCUT2D eigenvalue weighted by molar-refractivity contribution is 0.390. The van der Waals surface area contributed by atoms with Crippen LogP contribution in [0.2, 0.25) is 0 Å². The van der Waals surface area contributed by atoms with E-state index in [0.717, 1.165) is 26.5 Å². The second-order valence-electron chi connectivity index (χ2n) is 3.03. The van der Waals surface area contributed by atoms with Gasteiger partial charge in [0.15, 0.2) is 0 Å². The fourth-order valence-electron chi connectivity index (χ4n) is 1.36. The third-order valence-corrected chi connectivity index (χ3v) is 3.73. The summed E-state index contributed by atoms with van der Waals surface area (Å²) < 4.78 is 11.4. The molecular formula is C11H10BrNO2S. The summed E-state index contributed by atoms with van der Waals surface area (Å²) in [5, 5.41) is 2.89. The highest BCUT2D eigenvalue weighted by Gasteiger charge is 2.11. The highest BCUT2D eigenvalue weighted by molar-refractivity contribution is 9.10. The van der Waals surface area contributed by atoms with Crippen LogP contribution in [0.3, 0.4) is 0 Å². The fraction of sp³-hybridized carbons (Fsp3) is 0.182. The van der Waals surface area contributed by atoms with Gasteiger partial charge in [0, 0.05) is 17.1 Å². The summed E-state index contributed by atoms with van der Waals surface area (Å²) in [6.45, 7) is 0. The minimum Gasteiger partial charge on any atom is -0.495 e. The maximum absolute atomic E-state index is 5.28. The third kappa shape index (κ3) is 2.05. The molecular weight excluding hydrogens is 290 g/mol. The highest BCUT2D eigenvalue weighted by Crippen LogP contribution is 2.39. The molecule has 0 spiro atoms. The van der Waals surface area contributed by atoms with Gasteiger partial charge in [-0.25, -0.2) is 4.98 Å². The molecule has 3 nitrogen and oxygen atoms in total. The number of hydrogen-bond donors (Lipinski definition) is 0. The summed E-state index contributed by atoms with van der Waals surface area (Å²) in [6.07, 6.45) is 1.78. The van der Waals surface area contributed by atoms with Gasteiger partial charge >= 0.3 is 0 Å². The molecule has 0 saturated carbocycles. The minimum absolute atomic E-state index is 0.740. The Balaban J connectivity index is 2.56. The molecule has 0 N–H and O–H groups in total. The zero-order valence-electron chi connectivity index (χ0n) is 8.86. The van der Waals surface area contributed by atoms with Crippen molar-refractivity contribution in [3.8, 4) is 22.1 Å². The number of aromatic nitrogens is 1. The molecule has 0 aliphatic carbocycles. The second-order valence-corrected chi connectivity index (χ2v) is 4.72. The maximum Gasteiger partial charge on any atom is 0.137 e. The van der Waals surface area contributed by atoms with Gasteiger partial charge in [-0.15, -0.1) is 11.3 Å². The molecule has 2 rings (SSSR count). The largest absolute Gasteiger partial charge is 0.495 e. The van der Waals surface area contributed by atoms with Crippen LogP contribution in [0.5, 0.6) is 11.5 Å². The van der Waals surface area contributed by atoms with Crippen LogP contribution in [0.15, 0.2) is 28.2 Å². The molecule has 0 bridgehead atoms. The van der Waals surface area contributed by atoms with Crippen LogP contribution in [-0.2, 0) is 0 Å². The van der Waals surface area contributed by atoms with Gasteiger partial charge < -0.3 is 9.47 Å². The number of thiazole rings is 1. The van der Waals surface area contributed by atoms with Crippen LogP contribution >= 0.6 is 27.3 Å². The molecule has 0 unspecified atom stereocenters. The van der Waals surface area contributed by atoms with Crippen LogP contribution in [0, 0.1) is 0 Å². The van der Waals surface area contributed by atoms with Gasteiger partial charge in [0.25, 0.3) is 0 Å². The molecule has 84 valence electrons. The molecule has 1 aromatic heterocycles. The molecule has 0 atom stereocenters. The van der Waals surface area contributed by atoms with E-state index in [1.807, 2.05) is 17.5 Å². The summed E-state index contributed by atoms with van der Waals surface area (Å²) >= 11 is 5.01. The molecule has 0 fully saturated rings. The van der Waals surface area contributed by atoms with E-state index in [4.69, 9.17) is 9.47 Å². The average molecular weight is 300 g/mol. The van der Waals surface area contributed by atoms with Crippen LogP contribution in [0.1, 0.15) is 0 Å². The van der Waals surface area contributed by atoms with E-state index in [2.05, 4.69) is 20.9 Å². The lowest BCUT2D eigenvalue weighted by Gasteiger charge is -2.10. The summed E-state index contributed by atoms with van der Waals surface area (Å²) in [5.41, 5.74) is 0.993. The van der Waals surface area contributed by atoms with E-state index in [-0.39, 0.29) is 0 Å². The maximum atomic E-state index is 5.28. The van der Waals surface area contributed by atoms with E-state index >= 15 is 0 Å². The SMILES string of the molecule is COc1cc(-c2nccs2)cc(OC)c1Br. The van der Waals surface area contributed by atoms with E-state index in [9.17, 15) is 0 Å². The van der Waals surface area contributed by atoms with Crippen molar-refractivity contribution in [2.24, 2.45) is 0 Å². The number of halogens is 1. The van der Waals surface area contributed by atoms with Gasteiger partial charge in [0.1, 0.15) is 21.0 Å². The number of benzene rings is 1. The molecule has 1 aromatic carbocycles. The Hall–Kier alpha value is -1.07. The predicted molar refractivity (Wildman–Crippen MR) is 68.4 cm³/mol. The van der Waals surface area contributed by atoms with Crippen molar-refractivity contribution >= 4 is 27.3 Å². The number of rotatable bonds is 3. The summed E-state index contributed by atoms with van der Waals surface area (Å²) in [5.74, 6) is 1.48. The first-order chi connectivity index (χ1) is 7.76. The zero-order valence-corrected chi connectivity index (χ0v) is 11.3. The smallest absolute Gasteiger partial charge is 0.137 e. The fourth-order valence-corrected chi connectivity index (χ4v) is 2.54. The van der Waals surface area contributed by atoms with Crippen LogP contribution in [0.4, 0.5) is 0 Å². The first-order valence-electron chi connectivity index (χ1n) is 4.57. The molecule has 0 radical (unpaired) electrons. The average Bonchev–Trinajstić information content (AvgIpc) is 2.83. The van der Waals surface area contributed by atoms with Crippen molar-refractivity contribution in [1.82, 2.24) is 4.98 Å². The molecule has 0 amide bonds. The molecule has 16 heavy (non-hydrogen) atoms. The van der Waals surface area contributed by atoms with Gasteiger partial charge in [-0.1, -0.05) is 0 Å². The van der Waals surface area contributed by atoms with Gasteiger partial charge in [-0.2, -0.15) is 0 Å². The zero-order chi connectivity index (χ0) is 11.5. The quantitative estimate of drug-likeness (QED) is 0.868. The lowest BCUT2D eigenvalue weighted by atomic mass is 10.2. The van der Waals surface area contributed by atoms with Crippen molar-refractivity contribution in [2.75, 3.05) is 14.2 Å². The summed E-state index contributed by atoms with van der Waals surface area (Å²) in [6, 6.07) is 3.87. The third-order valence-electron chi connectivity index (χ3n) is 2.12. The monoisotopic (exact) mass is 299 g/mol. The summed E-state index contributed by atoms with van der Waals surface area (Å²) in [7, 11) is 3.26. The van der Waals surface area contributed by atoms with Crippen LogP contribution < -0.4 is 9.47 Å². The Labute approximate surface area is 106 Å². The number of ether oxygens (including phenoxy) is 2.